The standard InChI is InChI=1S/C29H25ClFN9O5S2/c1-45-37-21(19-12-47-29(34)35-19)25(41)36-22-26(42)40-23(28(43)44)15(11-46-27(22)40)8-38-4-2-13-3-5-39(20(13)10-38)9-16-17(30)6-14(24(32)33)7-18(16)31/h2-7,10,12,22,27H,8-9,11H2,1H3,(H6-,32,33,34,35,36,41,43,44)/p+1/t22-,27-/m1/s1. The lowest BCUT2D eigenvalue weighted by atomic mass is 10.0. The van der Waals surface area contributed by atoms with E-state index in [1.54, 1.807) is 27.7 Å². The Morgan fingerprint density at radius 2 is 2.15 bits per heavy atom. The largest absolute Gasteiger partial charge is 0.477 e. The lowest BCUT2D eigenvalue weighted by Crippen LogP contribution is -2.71. The number of nitrogens with zero attached hydrogens (tertiary/aromatic N) is 5. The minimum atomic E-state index is -1.27. The Hall–Kier alpha value is -5.00. The fourth-order valence-corrected chi connectivity index (χ4v) is 7.56. The number of anilines is 1. The maximum atomic E-state index is 14.9. The lowest BCUT2D eigenvalue weighted by Gasteiger charge is -2.49. The van der Waals surface area contributed by atoms with Crippen molar-refractivity contribution in [2.45, 2.75) is 24.5 Å². The van der Waals surface area contributed by atoms with Crippen LogP contribution in [-0.4, -0.2) is 73.2 Å². The molecule has 2 aliphatic rings. The zero-order valence-corrected chi connectivity index (χ0v) is 26.8. The first-order chi connectivity index (χ1) is 22.5. The third-order valence-corrected chi connectivity index (χ3v) is 9.98. The highest BCUT2D eigenvalue weighted by Gasteiger charge is 2.54. The van der Waals surface area contributed by atoms with E-state index in [0.717, 1.165) is 22.2 Å². The Morgan fingerprint density at radius 3 is 2.81 bits per heavy atom. The van der Waals surface area contributed by atoms with Crippen LogP contribution in [0.4, 0.5) is 9.52 Å². The number of carbonyl (C=O) groups is 3. The fourth-order valence-electron chi connectivity index (χ4n) is 5.41. The zero-order valence-electron chi connectivity index (χ0n) is 24.4. The third kappa shape index (κ3) is 5.99. The maximum absolute atomic E-state index is 14.9. The van der Waals surface area contributed by atoms with E-state index < -0.39 is 35.0 Å². The molecule has 1 saturated heterocycles. The number of thiazole rings is 1. The summed E-state index contributed by atoms with van der Waals surface area (Å²) in [5, 5.41) is 26.2. The van der Waals surface area contributed by atoms with Gasteiger partial charge in [0.2, 0.25) is 0 Å². The topological polar surface area (TPSA) is 206 Å². The molecule has 2 atom stereocenters. The molecule has 242 valence electrons. The van der Waals surface area contributed by atoms with Gasteiger partial charge < -0.3 is 31.3 Å². The number of amides is 2. The smallest absolute Gasteiger partial charge is 0.352 e. The lowest BCUT2D eigenvalue weighted by molar-refractivity contribution is -0.687. The first-order valence-corrected chi connectivity index (χ1v) is 16.1. The van der Waals surface area contributed by atoms with Crippen LogP contribution in [0.3, 0.4) is 0 Å². The molecule has 0 radical (unpaired) electrons. The van der Waals surface area contributed by atoms with Gasteiger partial charge in [0.25, 0.3) is 11.8 Å². The summed E-state index contributed by atoms with van der Waals surface area (Å²) in [5.74, 6) is -3.18. The Labute approximate surface area is 278 Å². The molecule has 0 aliphatic carbocycles. The Balaban J connectivity index is 1.22. The van der Waals surface area contributed by atoms with Crippen molar-refractivity contribution in [1.29, 1.82) is 5.41 Å². The van der Waals surface area contributed by atoms with Crippen molar-refractivity contribution in [3.8, 4) is 0 Å². The van der Waals surface area contributed by atoms with Crippen molar-refractivity contribution >= 4 is 80.1 Å². The van der Waals surface area contributed by atoms with Gasteiger partial charge >= 0.3 is 5.97 Å². The average molecular weight is 699 g/mol. The third-order valence-electron chi connectivity index (χ3n) is 7.63. The molecular formula is C29H26ClFN9O5S2+. The number of fused-ring (bicyclic) bond motifs is 2. The number of oxime groups is 1. The number of amidine groups is 1. The maximum Gasteiger partial charge on any atom is 0.352 e. The minimum absolute atomic E-state index is 0.0962. The number of aromatic nitrogens is 3. The van der Waals surface area contributed by atoms with Crippen molar-refractivity contribution in [3.05, 3.63) is 87.2 Å². The summed E-state index contributed by atoms with van der Waals surface area (Å²) in [4.78, 5) is 48.8. The molecule has 3 aromatic heterocycles. The van der Waals surface area contributed by atoms with Gasteiger partial charge in [-0.3, -0.25) is 19.9 Å². The van der Waals surface area contributed by atoms with Crippen LogP contribution in [0.15, 0.2) is 64.7 Å². The molecule has 2 aliphatic heterocycles. The van der Waals surface area contributed by atoms with E-state index in [4.69, 9.17) is 33.3 Å². The summed E-state index contributed by atoms with van der Waals surface area (Å²) in [6, 6.07) is 5.32. The number of pyridine rings is 1. The number of nitrogens with one attached hydrogen (secondary N) is 2. The van der Waals surface area contributed by atoms with Crippen LogP contribution in [0.1, 0.15) is 16.8 Å². The SMILES string of the molecule is CON=C(C(=O)N[C@@H]1C(=O)N2C(C(=O)O)=C(C[n+]3ccc4ccn(Cc5c(F)cc(C(=N)N)cc5Cl)c4c3)CS[C@H]12)c1csc(N)n1. The van der Waals surface area contributed by atoms with E-state index >= 15 is 0 Å². The number of nitrogen functional groups attached to an aromatic ring is 2. The molecule has 47 heavy (non-hydrogen) atoms. The molecule has 0 unspecified atom stereocenters. The molecule has 1 fully saturated rings. The van der Waals surface area contributed by atoms with Gasteiger partial charge in [0.05, 0.1) is 6.54 Å². The summed E-state index contributed by atoms with van der Waals surface area (Å²) >= 11 is 8.77. The predicted molar refractivity (Wildman–Crippen MR) is 173 cm³/mol. The number of carboxylic acid groups (broad SMARTS) is 1. The summed E-state index contributed by atoms with van der Waals surface area (Å²) in [6.45, 7) is 0.251. The van der Waals surface area contributed by atoms with Gasteiger partial charge in [-0.15, -0.1) is 23.1 Å². The number of benzene rings is 1. The van der Waals surface area contributed by atoms with Crippen LogP contribution >= 0.6 is 34.7 Å². The molecule has 6 rings (SSSR count). The molecule has 0 bridgehead atoms. The van der Waals surface area contributed by atoms with Crippen molar-refractivity contribution in [3.63, 3.8) is 0 Å². The monoisotopic (exact) mass is 698 g/mol. The Kier molecular flexibility index (Phi) is 8.61. The molecule has 7 N–H and O–H groups in total. The van der Waals surface area contributed by atoms with E-state index in [0.29, 0.717) is 5.57 Å². The molecule has 4 aromatic rings. The second kappa shape index (κ2) is 12.7. The fraction of sp³-hybridized carbons (Fsp3) is 0.207. The number of carbonyl (C=O) groups excluding carboxylic acids is 2. The van der Waals surface area contributed by atoms with Gasteiger partial charge in [-0.05, 0) is 18.2 Å². The van der Waals surface area contributed by atoms with Gasteiger partial charge in [0, 0.05) is 50.5 Å². The van der Waals surface area contributed by atoms with Crippen molar-refractivity contribution in [2.75, 3.05) is 18.6 Å². The minimum Gasteiger partial charge on any atom is -0.477 e. The van der Waals surface area contributed by atoms with E-state index in [-0.39, 0.29) is 63.1 Å². The van der Waals surface area contributed by atoms with Gasteiger partial charge in [-0.1, -0.05) is 16.8 Å². The number of rotatable bonds is 10. The van der Waals surface area contributed by atoms with Crippen LogP contribution in [0.2, 0.25) is 5.02 Å². The number of hydrogen-bond acceptors (Lipinski definition) is 10. The molecule has 1 aromatic carbocycles. The highest BCUT2D eigenvalue weighted by atomic mass is 35.5. The van der Waals surface area contributed by atoms with Crippen LogP contribution in [0.25, 0.3) is 10.9 Å². The molecule has 2 amide bonds. The van der Waals surface area contributed by atoms with Gasteiger partial charge in [0.15, 0.2) is 29.8 Å². The number of nitrogens with two attached hydrogens (primary N) is 2. The average Bonchev–Trinajstić information content (AvgIpc) is 3.65. The molecular weight excluding hydrogens is 673 g/mol. The number of halogens is 2. The van der Waals surface area contributed by atoms with Crippen LogP contribution in [0.5, 0.6) is 0 Å². The molecule has 5 heterocycles. The first kappa shape index (κ1) is 32.0. The first-order valence-electron chi connectivity index (χ1n) is 13.8. The summed E-state index contributed by atoms with van der Waals surface area (Å²) in [7, 11) is 1.26. The van der Waals surface area contributed by atoms with E-state index in [1.165, 1.54) is 41.3 Å². The summed E-state index contributed by atoms with van der Waals surface area (Å²) < 4.78 is 18.5. The number of carboxylic acids is 1. The van der Waals surface area contributed by atoms with E-state index in [9.17, 15) is 23.9 Å². The molecule has 18 heteroatoms. The number of aliphatic carboxylic acids is 1. The van der Waals surface area contributed by atoms with Crippen molar-refractivity contribution in [1.82, 2.24) is 19.8 Å². The highest BCUT2D eigenvalue weighted by Crippen LogP contribution is 2.40. The predicted octanol–water partition coefficient (Wildman–Crippen LogP) is 1.88. The number of β-lactam (4-membered cyclic amide) rings is 1. The van der Waals surface area contributed by atoms with Crippen molar-refractivity contribution < 1.29 is 33.3 Å². The van der Waals surface area contributed by atoms with E-state index in [2.05, 4.69) is 15.5 Å². The summed E-state index contributed by atoms with van der Waals surface area (Å²) in [5.41, 5.74) is 12.7. The summed E-state index contributed by atoms with van der Waals surface area (Å²) in [6.07, 6.45) is 5.37. The zero-order chi connectivity index (χ0) is 33.6. The van der Waals surface area contributed by atoms with Gasteiger partial charge in [-0.25, -0.2) is 14.2 Å². The van der Waals surface area contributed by atoms with Crippen LogP contribution in [0, 0.1) is 11.2 Å². The number of hydrogen-bond donors (Lipinski definition) is 5. The normalized spacial score (nSPS) is 17.8. The van der Waals surface area contributed by atoms with Gasteiger partial charge in [-0.2, -0.15) is 4.57 Å². The van der Waals surface area contributed by atoms with Crippen molar-refractivity contribution in [2.24, 2.45) is 10.9 Å². The van der Waals surface area contributed by atoms with Crippen LogP contribution in [-0.2, 0) is 32.3 Å². The molecule has 0 saturated carbocycles. The second-order valence-electron chi connectivity index (χ2n) is 10.5. The van der Waals surface area contributed by atoms with Gasteiger partial charge in [0.1, 0.15) is 47.1 Å². The second-order valence-corrected chi connectivity index (χ2v) is 12.9. The Bertz CT molecular complexity index is 2020. The molecule has 0 spiro atoms. The Morgan fingerprint density at radius 1 is 1.36 bits per heavy atom. The quantitative estimate of drug-likeness (QED) is 0.0538. The highest BCUT2D eigenvalue weighted by molar-refractivity contribution is 8.00. The van der Waals surface area contributed by atoms with Crippen LogP contribution < -0.4 is 21.4 Å². The van der Waals surface area contributed by atoms with E-state index in [1.807, 2.05) is 12.1 Å². The molecule has 14 nitrogen and oxygen atoms in total. The number of thioether (sulfide) groups is 1.